The number of amides is 1. The van der Waals surface area contributed by atoms with Crippen molar-refractivity contribution in [2.24, 2.45) is 0 Å². The van der Waals surface area contributed by atoms with Crippen molar-refractivity contribution >= 4 is 27.3 Å². The van der Waals surface area contributed by atoms with E-state index in [1.165, 1.54) is 27.5 Å². The van der Waals surface area contributed by atoms with Crippen LogP contribution < -0.4 is 5.56 Å². The van der Waals surface area contributed by atoms with Crippen LogP contribution in [0.3, 0.4) is 0 Å². The molecular formula is C17H23N3O4S2. The molecule has 0 fully saturated rings. The highest BCUT2D eigenvalue weighted by Crippen LogP contribution is 2.14. The van der Waals surface area contributed by atoms with Crippen molar-refractivity contribution in [1.82, 2.24) is 13.8 Å². The second-order valence-electron chi connectivity index (χ2n) is 5.75. The standard InChI is InChI=1S/C17H23N3O4S2/c1-4-20(5-2)26(23,24)15-8-9-16(21)19(12-15)13-17(22)18(3)11-14-7-6-10-25-14/h6-10,12H,4-5,11,13H2,1-3H3. The van der Waals surface area contributed by atoms with E-state index in [1.807, 2.05) is 17.5 Å². The van der Waals surface area contributed by atoms with Gasteiger partial charge in [-0.1, -0.05) is 19.9 Å². The Morgan fingerprint density at radius 2 is 1.88 bits per heavy atom. The zero-order valence-corrected chi connectivity index (χ0v) is 16.7. The van der Waals surface area contributed by atoms with E-state index in [1.54, 1.807) is 32.2 Å². The molecule has 0 aromatic carbocycles. The van der Waals surface area contributed by atoms with Gasteiger partial charge in [-0.15, -0.1) is 11.3 Å². The lowest BCUT2D eigenvalue weighted by atomic mass is 10.4. The normalized spacial score (nSPS) is 11.7. The molecule has 0 bridgehead atoms. The first-order valence-corrected chi connectivity index (χ1v) is 10.6. The van der Waals surface area contributed by atoms with E-state index in [0.717, 1.165) is 9.44 Å². The van der Waals surface area contributed by atoms with E-state index < -0.39 is 15.6 Å². The zero-order valence-electron chi connectivity index (χ0n) is 15.1. The molecule has 0 aliphatic rings. The van der Waals surface area contributed by atoms with Gasteiger partial charge in [0.2, 0.25) is 15.9 Å². The average Bonchev–Trinajstić information content (AvgIpc) is 3.10. The van der Waals surface area contributed by atoms with Crippen LogP contribution in [-0.2, 0) is 27.9 Å². The van der Waals surface area contributed by atoms with Gasteiger partial charge in [0.25, 0.3) is 5.56 Å². The molecule has 0 spiro atoms. The third-order valence-electron chi connectivity index (χ3n) is 4.00. The lowest BCUT2D eigenvalue weighted by molar-refractivity contribution is -0.131. The summed E-state index contributed by atoms with van der Waals surface area (Å²) in [6.07, 6.45) is 1.24. The zero-order chi connectivity index (χ0) is 19.3. The van der Waals surface area contributed by atoms with Crippen molar-refractivity contribution in [3.8, 4) is 0 Å². The van der Waals surface area contributed by atoms with Crippen LogP contribution >= 0.6 is 11.3 Å². The van der Waals surface area contributed by atoms with Crippen LogP contribution in [0.4, 0.5) is 0 Å². The molecule has 26 heavy (non-hydrogen) atoms. The van der Waals surface area contributed by atoms with Gasteiger partial charge in [0.05, 0.1) is 11.4 Å². The molecule has 0 aliphatic heterocycles. The van der Waals surface area contributed by atoms with Crippen molar-refractivity contribution in [3.63, 3.8) is 0 Å². The Morgan fingerprint density at radius 1 is 1.19 bits per heavy atom. The van der Waals surface area contributed by atoms with Gasteiger partial charge in [-0.25, -0.2) is 8.42 Å². The number of likely N-dealkylation sites (N-methyl/N-ethyl adjacent to an activating group) is 1. The van der Waals surface area contributed by atoms with Crippen molar-refractivity contribution < 1.29 is 13.2 Å². The van der Waals surface area contributed by atoms with Crippen molar-refractivity contribution in [2.75, 3.05) is 20.1 Å². The van der Waals surface area contributed by atoms with Crippen LogP contribution in [0.5, 0.6) is 0 Å². The van der Waals surface area contributed by atoms with E-state index in [2.05, 4.69) is 0 Å². The van der Waals surface area contributed by atoms with Crippen LogP contribution in [0.1, 0.15) is 18.7 Å². The highest BCUT2D eigenvalue weighted by molar-refractivity contribution is 7.89. The van der Waals surface area contributed by atoms with Crippen LogP contribution in [0.15, 0.2) is 45.5 Å². The smallest absolute Gasteiger partial charge is 0.251 e. The lowest BCUT2D eigenvalue weighted by Gasteiger charge is -2.20. The SMILES string of the molecule is CCN(CC)S(=O)(=O)c1ccc(=O)n(CC(=O)N(C)Cc2cccs2)c1. The number of pyridine rings is 1. The first kappa shape index (κ1) is 20.3. The van der Waals surface area contributed by atoms with Gasteiger partial charge in [0, 0.05) is 37.3 Å². The quantitative estimate of drug-likeness (QED) is 0.678. The topological polar surface area (TPSA) is 79.7 Å². The van der Waals surface area contributed by atoms with E-state index in [0.29, 0.717) is 19.6 Å². The number of rotatable bonds is 8. The predicted molar refractivity (Wildman–Crippen MR) is 102 cm³/mol. The molecule has 0 saturated carbocycles. The monoisotopic (exact) mass is 397 g/mol. The Kier molecular flexibility index (Phi) is 6.74. The van der Waals surface area contributed by atoms with Gasteiger partial charge in [-0.3, -0.25) is 9.59 Å². The van der Waals surface area contributed by atoms with E-state index in [9.17, 15) is 18.0 Å². The Balaban J connectivity index is 2.22. The summed E-state index contributed by atoms with van der Waals surface area (Å²) < 4.78 is 27.7. The summed E-state index contributed by atoms with van der Waals surface area (Å²) in [4.78, 5) is 27.0. The molecule has 7 nitrogen and oxygen atoms in total. The number of hydrogen-bond acceptors (Lipinski definition) is 5. The first-order valence-electron chi connectivity index (χ1n) is 8.26. The fourth-order valence-electron chi connectivity index (χ4n) is 2.49. The Morgan fingerprint density at radius 3 is 2.46 bits per heavy atom. The number of thiophene rings is 1. The number of nitrogens with zero attached hydrogens (tertiary/aromatic N) is 3. The van der Waals surface area contributed by atoms with Crippen LogP contribution in [0.2, 0.25) is 0 Å². The molecular weight excluding hydrogens is 374 g/mol. The van der Waals surface area contributed by atoms with Gasteiger partial charge in [0.15, 0.2) is 0 Å². The van der Waals surface area contributed by atoms with E-state index in [-0.39, 0.29) is 17.3 Å². The summed E-state index contributed by atoms with van der Waals surface area (Å²) in [7, 11) is -2.03. The summed E-state index contributed by atoms with van der Waals surface area (Å²) in [5, 5.41) is 1.93. The summed E-state index contributed by atoms with van der Waals surface area (Å²) in [5.41, 5.74) is -0.415. The maximum Gasteiger partial charge on any atom is 0.251 e. The Hall–Kier alpha value is -1.97. The van der Waals surface area contributed by atoms with Crippen LogP contribution in [0, 0.1) is 0 Å². The van der Waals surface area contributed by atoms with Crippen molar-refractivity contribution in [2.45, 2.75) is 31.8 Å². The molecule has 2 aromatic rings. The molecule has 0 saturated heterocycles. The fourth-order valence-corrected chi connectivity index (χ4v) is 4.72. The third kappa shape index (κ3) is 4.60. The molecule has 0 aliphatic carbocycles. The van der Waals surface area contributed by atoms with Crippen LogP contribution in [0.25, 0.3) is 0 Å². The Labute approximate surface area is 157 Å². The molecule has 2 rings (SSSR count). The molecule has 0 atom stereocenters. The molecule has 2 heterocycles. The predicted octanol–water partition coefficient (Wildman–Crippen LogP) is 1.60. The Bertz CT molecular complexity index is 900. The molecule has 9 heteroatoms. The minimum absolute atomic E-state index is 0.00881. The minimum Gasteiger partial charge on any atom is -0.339 e. The molecule has 0 radical (unpaired) electrons. The summed E-state index contributed by atoms with van der Waals surface area (Å²) in [6.45, 7) is 4.41. The number of carbonyl (C=O) groups excluding carboxylic acids is 1. The molecule has 142 valence electrons. The van der Waals surface area contributed by atoms with E-state index in [4.69, 9.17) is 0 Å². The fraction of sp³-hybridized carbons (Fsp3) is 0.412. The maximum absolute atomic E-state index is 12.6. The second kappa shape index (κ2) is 8.61. The maximum atomic E-state index is 12.6. The largest absolute Gasteiger partial charge is 0.339 e. The first-order chi connectivity index (χ1) is 12.3. The summed E-state index contributed by atoms with van der Waals surface area (Å²) in [5.74, 6) is -0.266. The number of carbonyl (C=O) groups is 1. The van der Waals surface area contributed by atoms with Crippen molar-refractivity contribution in [3.05, 3.63) is 51.1 Å². The lowest BCUT2D eigenvalue weighted by Crippen LogP contribution is -2.35. The highest BCUT2D eigenvalue weighted by atomic mass is 32.2. The molecule has 0 N–H and O–H groups in total. The van der Waals surface area contributed by atoms with Gasteiger partial charge in [-0.05, 0) is 17.5 Å². The highest BCUT2D eigenvalue weighted by Gasteiger charge is 2.23. The van der Waals surface area contributed by atoms with Gasteiger partial charge in [0.1, 0.15) is 6.54 Å². The van der Waals surface area contributed by atoms with Crippen molar-refractivity contribution in [1.29, 1.82) is 0 Å². The van der Waals surface area contributed by atoms with Gasteiger partial charge < -0.3 is 9.47 Å². The summed E-state index contributed by atoms with van der Waals surface area (Å²) in [6, 6.07) is 6.30. The second-order valence-corrected chi connectivity index (χ2v) is 8.72. The minimum atomic E-state index is -3.69. The molecule has 2 aromatic heterocycles. The number of sulfonamides is 1. The number of hydrogen-bond donors (Lipinski definition) is 0. The van der Waals surface area contributed by atoms with Gasteiger partial charge in [-0.2, -0.15) is 4.31 Å². The number of aromatic nitrogens is 1. The molecule has 1 amide bonds. The average molecular weight is 398 g/mol. The van der Waals surface area contributed by atoms with E-state index >= 15 is 0 Å². The van der Waals surface area contributed by atoms with Crippen LogP contribution in [-0.4, -0.2) is 48.2 Å². The molecule has 0 unspecified atom stereocenters. The van der Waals surface area contributed by atoms with Gasteiger partial charge >= 0.3 is 0 Å². The summed E-state index contributed by atoms with van der Waals surface area (Å²) >= 11 is 1.54. The third-order valence-corrected chi connectivity index (χ3v) is 6.90.